The van der Waals surface area contributed by atoms with E-state index in [1.807, 2.05) is 12.2 Å². The number of H-pyrrole nitrogens is 1. The van der Waals surface area contributed by atoms with E-state index in [2.05, 4.69) is 49.8 Å². The first kappa shape index (κ1) is 25.2. The van der Waals surface area contributed by atoms with Gasteiger partial charge in [-0.25, -0.2) is 18.7 Å². The third-order valence-corrected chi connectivity index (χ3v) is 6.36. The van der Waals surface area contributed by atoms with Gasteiger partial charge in [-0.15, -0.1) is 6.42 Å². The Hall–Kier alpha value is -3.90. The van der Waals surface area contributed by atoms with Crippen molar-refractivity contribution in [1.29, 1.82) is 0 Å². The van der Waals surface area contributed by atoms with E-state index in [-0.39, 0.29) is 22.5 Å². The number of terminal acetylenes is 1. The van der Waals surface area contributed by atoms with Crippen molar-refractivity contribution in [2.45, 2.75) is 27.7 Å². The number of hydrogen-bond acceptors (Lipinski definition) is 6. The lowest BCUT2D eigenvalue weighted by molar-refractivity contribution is 0.165. The molecular formula is C27H30F2N6O. The van der Waals surface area contributed by atoms with Crippen molar-refractivity contribution in [2.24, 2.45) is 0 Å². The van der Waals surface area contributed by atoms with Gasteiger partial charge in [-0.3, -0.25) is 0 Å². The van der Waals surface area contributed by atoms with Gasteiger partial charge in [0.05, 0.1) is 16.8 Å². The SMILES string of the molecule is C#C/C(=C\C=C(/C)N1CCN(CC)CC1)Nc1ncnc(Oc2cc(F)c3[nH]c(C)cc3c2F)c1C. The summed E-state index contributed by atoms with van der Waals surface area (Å²) in [6.45, 7) is 12.8. The minimum absolute atomic E-state index is 0.0919. The maximum absolute atomic E-state index is 15.0. The Kier molecular flexibility index (Phi) is 7.55. The Morgan fingerprint density at radius 3 is 2.64 bits per heavy atom. The Morgan fingerprint density at radius 1 is 1.19 bits per heavy atom. The molecule has 0 radical (unpaired) electrons. The molecule has 1 aliphatic rings. The maximum Gasteiger partial charge on any atom is 0.227 e. The first-order valence-corrected chi connectivity index (χ1v) is 11.9. The molecule has 7 nitrogen and oxygen atoms in total. The number of allylic oxidation sites excluding steroid dienone is 4. The van der Waals surface area contributed by atoms with Crippen LogP contribution in [0.4, 0.5) is 14.6 Å². The molecule has 188 valence electrons. The number of likely N-dealkylation sites (N-methyl/N-ethyl adjacent to an activating group) is 1. The van der Waals surface area contributed by atoms with Gasteiger partial charge < -0.3 is 24.8 Å². The van der Waals surface area contributed by atoms with Crippen LogP contribution >= 0.6 is 0 Å². The molecule has 3 aromatic rings. The predicted molar refractivity (Wildman–Crippen MR) is 138 cm³/mol. The van der Waals surface area contributed by atoms with Crippen LogP contribution in [0, 0.1) is 37.8 Å². The fourth-order valence-electron chi connectivity index (χ4n) is 4.15. The second-order valence-corrected chi connectivity index (χ2v) is 8.75. The summed E-state index contributed by atoms with van der Waals surface area (Å²) in [4.78, 5) is 15.9. The lowest BCUT2D eigenvalue weighted by atomic mass is 10.2. The van der Waals surface area contributed by atoms with Crippen LogP contribution in [0.2, 0.25) is 0 Å². The number of benzene rings is 1. The van der Waals surface area contributed by atoms with Crippen LogP contribution in [-0.4, -0.2) is 57.5 Å². The van der Waals surface area contributed by atoms with Crippen LogP contribution in [0.5, 0.6) is 11.6 Å². The zero-order valence-electron chi connectivity index (χ0n) is 21.0. The molecule has 1 fully saturated rings. The third kappa shape index (κ3) is 5.34. The molecule has 36 heavy (non-hydrogen) atoms. The molecule has 2 aromatic heterocycles. The number of anilines is 1. The zero-order chi connectivity index (χ0) is 25.8. The summed E-state index contributed by atoms with van der Waals surface area (Å²) in [5.74, 6) is 1.57. The van der Waals surface area contributed by atoms with Crippen LogP contribution < -0.4 is 10.1 Å². The highest BCUT2D eigenvalue weighted by Gasteiger charge is 2.19. The maximum atomic E-state index is 15.0. The van der Waals surface area contributed by atoms with Crippen molar-refractivity contribution in [3.8, 4) is 24.0 Å². The molecule has 3 heterocycles. The van der Waals surface area contributed by atoms with Crippen molar-refractivity contribution >= 4 is 16.7 Å². The Balaban J connectivity index is 1.52. The highest BCUT2D eigenvalue weighted by atomic mass is 19.1. The molecule has 0 amide bonds. The number of rotatable bonds is 7. The third-order valence-electron chi connectivity index (χ3n) is 6.36. The second kappa shape index (κ2) is 10.8. The van der Waals surface area contributed by atoms with Gasteiger partial charge >= 0.3 is 0 Å². The number of aryl methyl sites for hydroxylation is 1. The number of fused-ring (bicyclic) bond motifs is 1. The Bertz CT molecular complexity index is 1360. The molecule has 1 saturated heterocycles. The second-order valence-electron chi connectivity index (χ2n) is 8.75. The molecule has 0 unspecified atom stereocenters. The fourth-order valence-corrected chi connectivity index (χ4v) is 4.15. The summed E-state index contributed by atoms with van der Waals surface area (Å²) in [6, 6.07) is 2.53. The van der Waals surface area contributed by atoms with Gasteiger partial charge in [-0.2, -0.15) is 0 Å². The summed E-state index contributed by atoms with van der Waals surface area (Å²) in [6.07, 6.45) is 10.8. The van der Waals surface area contributed by atoms with E-state index in [9.17, 15) is 8.78 Å². The summed E-state index contributed by atoms with van der Waals surface area (Å²) in [5.41, 5.74) is 2.86. The van der Waals surface area contributed by atoms with E-state index in [1.54, 1.807) is 13.8 Å². The minimum Gasteiger partial charge on any atom is -0.435 e. The quantitative estimate of drug-likeness (QED) is 0.353. The largest absolute Gasteiger partial charge is 0.435 e. The monoisotopic (exact) mass is 492 g/mol. The fraction of sp³-hybridized carbons (Fsp3) is 0.333. The minimum atomic E-state index is -0.673. The average molecular weight is 493 g/mol. The Labute approximate surface area is 209 Å². The van der Waals surface area contributed by atoms with E-state index in [4.69, 9.17) is 11.2 Å². The van der Waals surface area contributed by atoms with E-state index in [0.29, 0.717) is 22.8 Å². The molecule has 2 N–H and O–H groups in total. The molecule has 4 rings (SSSR count). The van der Waals surface area contributed by atoms with Crippen LogP contribution in [0.1, 0.15) is 25.1 Å². The lowest BCUT2D eigenvalue weighted by Crippen LogP contribution is -2.45. The average Bonchev–Trinajstić information content (AvgIpc) is 3.29. The van der Waals surface area contributed by atoms with Crippen LogP contribution in [-0.2, 0) is 0 Å². The predicted octanol–water partition coefficient (Wildman–Crippen LogP) is 5.12. The first-order valence-electron chi connectivity index (χ1n) is 11.9. The highest BCUT2D eigenvalue weighted by Crippen LogP contribution is 2.34. The van der Waals surface area contributed by atoms with Gasteiger partial charge in [0.1, 0.15) is 12.1 Å². The summed E-state index contributed by atoms with van der Waals surface area (Å²) in [7, 11) is 0. The van der Waals surface area contributed by atoms with E-state index < -0.39 is 11.6 Å². The van der Waals surface area contributed by atoms with Gasteiger partial charge in [0.2, 0.25) is 5.88 Å². The zero-order valence-corrected chi connectivity index (χ0v) is 21.0. The van der Waals surface area contributed by atoms with Gasteiger partial charge in [0.15, 0.2) is 17.4 Å². The van der Waals surface area contributed by atoms with Crippen molar-refractivity contribution in [3.05, 3.63) is 64.9 Å². The topological polar surface area (TPSA) is 69.3 Å². The van der Waals surface area contributed by atoms with E-state index in [0.717, 1.165) is 44.5 Å². The van der Waals surface area contributed by atoms with Crippen LogP contribution in [0.3, 0.4) is 0 Å². The molecule has 9 heteroatoms. The number of ether oxygens (including phenoxy) is 1. The van der Waals surface area contributed by atoms with E-state index >= 15 is 0 Å². The lowest BCUT2D eigenvalue weighted by Gasteiger charge is -2.35. The summed E-state index contributed by atoms with van der Waals surface area (Å²) >= 11 is 0. The normalized spacial score (nSPS) is 15.3. The smallest absolute Gasteiger partial charge is 0.227 e. The van der Waals surface area contributed by atoms with Crippen molar-refractivity contribution < 1.29 is 13.5 Å². The van der Waals surface area contributed by atoms with E-state index in [1.165, 1.54) is 12.4 Å². The van der Waals surface area contributed by atoms with Crippen molar-refractivity contribution in [3.63, 3.8) is 0 Å². The summed E-state index contributed by atoms with van der Waals surface area (Å²) in [5, 5.41) is 3.22. The number of nitrogens with zero attached hydrogens (tertiary/aromatic N) is 4. The Morgan fingerprint density at radius 2 is 1.94 bits per heavy atom. The molecule has 1 aliphatic heterocycles. The summed E-state index contributed by atoms with van der Waals surface area (Å²) < 4.78 is 35.2. The first-order chi connectivity index (χ1) is 17.3. The number of aromatic nitrogens is 3. The molecular weight excluding hydrogens is 462 g/mol. The van der Waals surface area contributed by atoms with Crippen molar-refractivity contribution in [1.82, 2.24) is 24.8 Å². The van der Waals surface area contributed by atoms with Gasteiger partial charge in [-0.05, 0) is 45.5 Å². The molecule has 0 spiro atoms. The number of hydrogen-bond donors (Lipinski definition) is 2. The van der Waals surface area contributed by atoms with Gasteiger partial charge in [0, 0.05) is 49.0 Å². The molecule has 1 aromatic carbocycles. The van der Waals surface area contributed by atoms with Crippen LogP contribution in [0.15, 0.2) is 42.0 Å². The van der Waals surface area contributed by atoms with Gasteiger partial charge in [0.25, 0.3) is 0 Å². The van der Waals surface area contributed by atoms with Crippen LogP contribution in [0.25, 0.3) is 10.9 Å². The molecule has 0 bridgehead atoms. The van der Waals surface area contributed by atoms with Gasteiger partial charge in [-0.1, -0.05) is 12.8 Å². The number of piperazine rings is 1. The molecule has 0 aliphatic carbocycles. The molecule has 0 saturated carbocycles. The number of nitrogens with one attached hydrogen (secondary N) is 2. The van der Waals surface area contributed by atoms with Crippen molar-refractivity contribution in [2.75, 3.05) is 38.0 Å². The number of aromatic amines is 1. The highest BCUT2D eigenvalue weighted by molar-refractivity contribution is 5.83. The number of halogens is 2. The molecule has 0 atom stereocenters. The standard InChI is InChI=1S/C27H30F2N6O/c1-6-20(9-8-18(4)35-12-10-34(7-2)11-13-35)33-26-19(5)27(31-16-30-26)36-23-15-22(28)25-21(24(23)29)14-17(3)32-25/h1,8-9,14-16,32H,7,10-13H2,2-5H3,(H,30,31,33)/b18-8+,20-9+.